The molecule has 0 radical (unpaired) electrons. The molecule has 0 aromatic carbocycles. The fourth-order valence-electron chi connectivity index (χ4n) is 0.849. The summed E-state index contributed by atoms with van der Waals surface area (Å²) in [5.41, 5.74) is 0.0648. The number of carbonyl (C=O) groups excluding carboxylic acids is 2. The molecule has 0 unspecified atom stereocenters. The first kappa shape index (κ1) is 13.4. The predicted octanol–water partition coefficient (Wildman–Crippen LogP) is 1.14. The van der Waals surface area contributed by atoms with Gasteiger partial charge in [0.2, 0.25) is 0 Å². The molecule has 4 nitrogen and oxygen atoms in total. The van der Waals surface area contributed by atoms with Crippen molar-refractivity contribution in [2.45, 2.75) is 13.8 Å². The quantitative estimate of drug-likeness (QED) is 0.225. The SMILES string of the molecule is CCOC(=O)C(=CC=CN(C)C)C(C)=O. The van der Waals surface area contributed by atoms with Crippen LogP contribution in [0.25, 0.3) is 0 Å². The Morgan fingerprint density at radius 3 is 2.33 bits per heavy atom. The molecule has 0 amide bonds. The second-order valence-corrected chi connectivity index (χ2v) is 3.16. The molecule has 15 heavy (non-hydrogen) atoms. The van der Waals surface area contributed by atoms with E-state index >= 15 is 0 Å². The lowest BCUT2D eigenvalue weighted by atomic mass is 10.2. The number of ketones is 1. The largest absolute Gasteiger partial charge is 0.462 e. The van der Waals surface area contributed by atoms with Gasteiger partial charge in [-0.3, -0.25) is 4.79 Å². The highest BCUT2D eigenvalue weighted by atomic mass is 16.5. The summed E-state index contributed by atoms with van der Waals surface area (Å²) < 4.78 is 4.75. The second-order valence-electron chi connectivity index (χ2n) is 3.16. The van der Waals surface area contributed by atoms with Crippen molar-refractivity contribution in [1.29, 1.82) is 0 Å². The van der Waals surface area contributed by atoms with Crippen molar-refractivity contribution in [2.75, 3.05) is 20.7 Å². The maximum absolute atomic E-state index is 11.3. The lowest BCUT2D eigenvalue weighted by Gasteiger charge is -2.03. The minimum absolute atomic E-state index is 0.0648. The van der Waals surface area contributed by atoms with Gasteiger partial charge in [-0.1, -0.05) is 0 Å². The van der Waals surface area contributed by atoms with Gasteiger partial charge >= 0.3 is 5.97 Å². The Hall–Kier alpha value is -1.58. The molecule has 0 N–H and O–H groups in total. The Morgan fingerprint density at radius 2 is 1.93 bits per heavy atom. The maximum atomic E-state index is 11.3. The van der Waals surface area contributed by atoms with Crippen LogP contribution in [-0.4, -0.2) is 37.4 Å². The van der Waals surface area contributed by atoms with Crippen LogP contribution in [-0.2, 0) is 14.3 Å². The van der Waals surface area contributed by atoms with Crippen LogP contribution in [0.4, 0.5) is 0 Å². The number of Topliss-reactive ketones (excluding diaryl/α,β-unsaturated/α-hetero) is 1. The number of hydrogen-bond acceptors (Lipinski definition) is 4. The second kappa shape index (κ2) is 6.81. The highest BCUT2D eigenvalue weighted by Gasteiger charge is 2.13. The first-order valence-electron chi connectivity index (χ1n) is 4.72. The summed E-state index contributed by atoms with van der Waals surface area (Å²) in [6.45, 7) is 3.30. The Bertz CT molecular complexity index is 290. The lowest BCUT2D eigenvalue weighted by Crippen LogP contribution is -2.13. The van der Waals surface area contributed by atoms with Gasteiger partial charge in [0.05, 0.1) is 6.61 Å². The van der Waals surface area contributed by atoms with Crippen molar-refractivity contribution in [3.63, 3.8) is 0 Å². The first-order chi connectivity index (χ1) is 6.99. The molecule has 0 aliphatic heterocycles. The van der Waals surface area contributed by atoms with Crippen LogP contribution in [0, 0.1) is 0 Å². The van der Waals surface area contributed by atoms with Gasteiger partial charge in [0.1, 0.15) is 5.57 Å². The molecule has 0 aromatic heterocycles. The summed E-state index contributed by atoms with van der Waals surface area (Å²) in [6.07, 6.45) is 4.83. The summed E-state index contributed by atoms with van der Waals surface area (Å²) in [5.74, 6) is -0.870. The maximum Gasteiger partial charge on any atom is 0.341 e. The summed E-state index contributed by atoms with van der Waals surface area (Å²) >= 11 is 0. The number of carbonyl (C=O) groups is 2. The molecule has 0 aliphatic carbocycles. The highest BCUT2D eigenvalue weighted by Crippen LogP contribution is 2.01. The van der Waals surface area contributed by atoms with Crippen molar-refractivity contribution in [2.24, 2.45) is 0 Å². The van der Waals surface area contributed by atoms with E-state index in [9.17, 15) is 9.59 Å². The molecule has 0 heterocycles. The van der Waals surface area contributed by atoms with Crippen molar-refractivity contribution < 1.29 is 14.3 Å². The number of allylic oxidation sites excluding steroid dienone is 2. The van der Waals surface area contributed by atoms with E-state index in [1.54, 1.807) is 24.1 Å². The smallest absolute Gasteiger partial charge is 0.341 e. The molecular weight excluding hydrogens is 194 g/mol. The van der Waals surface area contributed by atoms with Gasteiger partial charge in [-0.05, 0) is 32.2 Å². The third kappa shape index (κ3) is 5.67. The molecule has 0 atom stereocenters. The van der Waals surface area contributed by atoms with Crippen LogP contribution in [0.15, 0.2) is 23.9 Å². The van der Waals surface area contributed by atoms with Gasteiger partial charge in [-0.15, -0.1) is 0 Å². The van der Waals surface area contributed by atoms with Gasteiger partial charge in [0.15, 0.2) is 5.78 Å². The van der Waals surface area contributed by atoms with Gasteiger partial charge in [0.25, 0.3) is 0 Å². The summed E-state index contributed by atoms with van der Waals surface area (Å²) in [5, 5.41) is 0. The first-order valence-corrected chi connectivity index (χ1v) is 4.72. The topological polar surface area (TPSA) is 46.6 Å². The Labute approximate surface area is 90.2 Å². The molecule has 84 valence electrons. The molecule has 4 heteroatoms. The Morgan fingerprint density at radius 1 is 1.33 bits per heavy atom. The van der Waals surface area contributed by atoms with Gasteiger partial charge in [-0.2, -0.15) is 0 Å². The highest BCUT2D eigenvalue weighted by molar-refractivity contribution is 6.16. The van der Waals surface area contributed by atoms with Crippen molar-refractivity contribution in [1.82, 2.24) is 4.90 Å². The molecule has 0 aliphatic rings. The molecule has 0 rings (SSSR count). The average Bonchev–Trinajstić information content (AvgIpc) is 2.11. The van der Waals surface area contributed by atoms with Gasteiger partial charge < -0.3 is 9.64 Å². The van der Waals surface area contributed by atoms with Gasteiger partial charge in [-0.25, -0.2) is 4.79 Å². The van der Waals surface area contributed by atoms with Gasteiger partial charge in [0, 0.05) is 14.1 Å². The minimum atomic E-state index is -0.576. The minimum Gasteiger partial charge on any atom is -0.462 e. The Balaban J connectivity index is 4.66. The third-order valence-electron chi connectivity index (χ3n) is 1.52. The van der Waals surface area contributed by atoms with E-state index in [1.165, 1.54) is 13.0 Å². The van der Waals surface area contributed by atoms with E-state index in [0.717, 1.165) is 0 Å². The van der Waals surface area contributed by atoms with E-state index in [1.807, 2.05) is 14.1 Å². The number of ether oxygens (including phenoxy) is 1. The van der Waals surface area contributed by atoms with E-state index in [0.29, 0.717) is 0 Å². The predicted molar refractivity (Wildman–Crippen MR) is 58.2 cm³/mol. The van der Waals surface area contributed by atoms with Crippen LogP contribution in [0.5, 0.6) is 0 Å². The van der Waals surface area contributed by atoms with Crippen LogP contribution >= 0.6 is 0 Å². The van der Waals surface area contributed by atoms with E-state index in [4.69, 9.17) is 4.74 Å². The summed E-state index contributed by atoms with van der Waals surface area (Å²) in [6, 6.07) is 0. The molecule has 0 saturated carbocycles. The van der Waals surface area contributed by atoms with Crippen LogP contribution in [0.1, 0.15) is 13.8 Å². The normalized spacial score (nSPS) is 11.6. The molecule has 0 spiro atoms. The third-order valence-corrected chi connectivity index (χ3v) is 1.52. The lowest BCUT2D eigenvalue weighted by molar-refractivity contribution is -0.139. The van der Waals surface area contributed by atoms with Crippen molar-refractivity contribution >= 4 is 11.8 Å². The monoisotopic (exact) mass is 211 g/mol. The van der Waals surface area contributed by atoms with E-state index < -0.39 is 5.97 Å². The molecular formula is C11H17NO3. The number of rotatable bonds is 5. The zero-order valence-electron chi connectivity index (χ0n) is 9.61. The van der Waals surface area contributed by atoms with E-state index in [2.05, 4.69) is 0 Å². The van der Waals surface area contributed by atoms with Crippen molar-refractivity contribution in [3.05, 3.63) is 23.9 Å². The number of hydrogen-bond donors (Lipinski definition) is 0. The fourth-order valence-corrected chi connectivity index (χ4v) is 0.849. The van der Waals surface area contributed by atoms with E-state index in [-0.39, 0.29) is 18.0 Å². The fraction of sp³-hybridized carbons (Fsp3) is 0.455. The number of nitrogens with zero attached hydrogens (tertiary/aromatic N) is 1. The number of esters is 1. The zero-order valence-corrected chi connectivity index (χ0v) is 9.61. The van der Waals surface area contributed by atoms with Crippen LogP contribution in [0.3, 0.4) is 0 Å². The Kier molecular flexibility index (Phi) is 6.09. The molecule has 0 bridgehead atoms. The molecule has 0 fully saturated rings. The molecule has 0 aromatic rings. The standard InChI is InChI=1S/C11H17NO3/c1-5-15-11(14)10(9(2)13)7-6-8-12(3)4/h6-8H,5H2,1-4H3. The zero-order chi connectivity index (χ0) is 11.8. The summed E-state index contributed by atoms with van der Waals surface area (Å²) in [7, 11) is 3.70. The molecule has 0 saturated heterocycles. The van der Waals surface area contributed by atoms with Crippen LogP contribution in [0.2, 0.25) is 0 Å². The average molecular weight is 211 g/mol. The summed E-state index contributed by atoms with van der Waals surface area (Å²) in [4.78, 5) is 24.2. The van der Waals surface area contributed by atoms with Crippen molar-refractivity contribution in [3.8, 4) is 0 Å². The van der Waals surface area contributed by atoms with Crippen LogP contribution < -0.4 is 0 Å².